The fourth-order valence-electron chi connectivity index (χ4n) is 5.69. The number of benzene rings is 4. The topological polar surface area (TPSA) is 217 Å². The molecule has 12 nitrogen and oxygen atoms in total. The van der Waals surface area contributed by atoms with Crippen LogP contribution in [0.25, 0.3) is 28.9 Å². The van der Waals surface area contributed by atoms with Gasteiger partial charge in [0.15, 0.2) is 34.5 Å². The Labute approximate surface area is 294 Å². The lowest BCUT2D eigenvalue weighted by atomic mass is 9.92. The van der Waals surface area contributed by atoms with E-state index >= 15 is 0 Å². The van der Waals surface area contributed by atoms with Gasteiger partial charge in [-0.2, -0.15) is 0 Å². The number of allylic oxidation sites excluding steroid dienone is 1. The molecule has 0 saturated carbocycles. The van der Waals surface area contributed by atoms with Gasteiger partial charge in [0.1, 0.15) is 5.75 Å². The van der Waals surface area contributed by atoms with E-state index in [1.54, 1.807) is 31.3 Å². The lowest BCUT2D eigenvalue weighted by molar-refractivity contribution is -0.162. The Bertz CT molecular complexity index is 1950. The van der Waals surface area contributed by atoms with Crippen molar-refractivity contribution in [2.75, 3.05) is 13.6 Å². The minimum atomic E-state index is -1.70. The highest BCUT2D eigenvalue weighted by Crippen LogP contribution is 2.39. The summed E-state index contributed by atoms with van der Waals surface area (Å²) in [7, 11) is 1.58. The van der Waals surface area contributed by atoms with E-state index in [0.717, 1.165) is 18.9 Å². The average Bonchev–Trinajstić information content (AvgIpc) is 3.08. The van der Waals surface area contributed by atoms with Crippen LogP contribution in [0.4, 0.5) is 0 Å². The molecule has 0 unspecified atom stereocenters. The number of rotatable bonds is 15. The molecule has 2 atom stereocenters. The van der Waals surface area contributed by atoms with Crippen molar-refractivity contribution in [1.29, 1.82) is 0 Å². The van der Waals surface area contributed by atoms with Gasteiger partial charge >= 0.3 is 11.9 Å². The maximum atomic E-state index is 13.5. The summed E-state index contributed by atoms with van der Waals surface area (Å²) in [6.45, 7) is 2.04. The van der Waals surface area contributed by atoms with Crippen molar-refractivity contribution in [3.63, 3.8) is 0 Å². The van der Waals surface area contributed by atoms with E-state index in [9.17, 15) is 50.4 Å². The second-order valence-corrected chi connectivity index (χ2v) is 12.0. The molecule has 9 N–H and O–H groups in total. The Morgan fingerprint density at radius 2 is 1.41 bits per heavy atom. The largest absolute Gasteiger partial charge is 0.508 e. The predicted octanol–water partition coefficient (Wildman–Crippen LogP) is 6.43. The van der Waals surface area contributed by atoms with E-state index in [4.69, 9.17) is 4.74 Å². The summed E-state index contributed by atoms with van der Waals surface area (Å²) in [5.74, 6) is -5.97. The highest BCUT2D eigenvalue weighted by molar-refractivity contribution is 5.95. The van der Waals surface area contributed by atoms with Gasteiger partial charge in [-0.3, -0.25) is 0 Å². The van der Waals surface area contributed by atoms with Crippen LogP contribution in [0.15, 0.2) is 72.8 Å². The lowest BCUT2D eigenvalue weighted by Crippen LogP contribution is -2.37. The number of phenolic OH excluding ortho intramolecular Hbond substituents is 7. The highest BCUT2D eigenvalue weighted by atomic mass is 16.6. The number of esters is 1. The molecule has 0 aromatic heterocycles. The molecular formula is C39H41NO11. The summed E-state index contributed by atoms with van der Waals surface area (Å²) in [6.07, 6.45) is 5.17. The minimum absolute atomic E-state index is 0.0156. The zero-order chi connectivity index (χ0) is 37.2. The number of carbonyl (C=O) groups excluding carboxylic acids is 1. The van der Waals surface area contributed by atoms with Gasteiger partial charge in [-0.15, -0.1) is 0 Å². The number of hydrogen-bond donors (Lipinski definition) is 9. The van der Waals surface area contributed by atoms with Crippen LogP contribution in [-0.4, -0.2) is 72.5 Å². The molecule has 0 spiro atoms. The number of nitrogens with one attached hydrogen (secondary N) is 1. The molecule has 268 valence electrons. The van der Waals surface area contributed by atoms with Crippen molar-refractivity contribution >= 4 is 29.7 Å². The molecular weight excluding hydrogens is 658 g/mol. The molecule has 0 heterocycles. The monoisotopic (exact) mass is 699 g/mol. The number of aromatic hydroxyl groups is 7. The Balaban J connectivity index is 1.78. The number of phenols is 7. The van der Waals surface area contributed by atoms with E-state index in [0.29, 0.717) is 51.8 Å². The third-order valence-electron chi connectivity index (χ3n) is 8.28. The Morgan fingerprint density at radius 3 is 2.06 bits per heavy atom. The van der Waals surface area contributed by atoms with Crippen molar-refractivity contribution in [2.24, 2.45) is 0 Å². The molecule has 0 saturated heterocycles. The maximum absolute atomic E-state index is 13.5. The van der Waals surface area contributed by atoms with Crippen LogP contribution in [0.2, 0.25) is 0 Å². The molecule has 4 rings (SSSR count). The molecule has 0 amide bonds. The number of carboxylic acid groups (broad SMARTS) is 1. The van der Waals surface area contributed by atoms with E-state index in [1.165, 1.54) is 54.6 Å². The van der Waals surface area contributed by atoms with E-state index in [1.807, 2.05) is 6.92 Å². The molecule has 51 heavy (non-hydrogen) atoms. The summed E-state index contributed by atoms with van der Waals surface area (Å²) >= 11 is 0. The van der Waals surface area contributed by atoms with Gasteiger partial charge in [0, 0.05) is 18.5 Å². The first-order valence-corrected chi connectivity index (χ1v) is 16.2. The minimum Gasteiger partial charge on any atom is -0.508 e. The van der Waals surface area contributed by atoms with Gasteiger partial charge in [0.25, 0.3) is 0 Å². The predicted molar refractivity (Wildman–Crippen MR) is 192 cm³/mol. The van der Waals surface area contributed by atoms with E-state index in [-0.39, 0.29) is 18.0 Å². The van der Waals surface area contributed by atoms with E-state index < -0.39 is 52.7 Å². The van der Waals surface area contributed by atoms with Gasteiger partial charge in [-0.05, 0) is 107 Å². The van der Waals surface area contributed by atoms with Crippen LogP contribution >= 0.6 is 0 Å². The molecule has 0 aliphatic carbocycles. The molecule has 4 aromatic rings. The molecule has 0 fully saturated rings. The number of unbranched alkanes of at least 4 members (excludes halogenated alkanes) is 2. The van der Waals surface area contributed by atoms with Crippen LogP contribution in [-0.2, 0) is 14.3 Å². The standard InChI is InChI=1S/C39H41NO11/c1-3-4-5-7-23(18-37(48)51-38(39(49)50)30(21-40-2)26-12-13-31(42)32(43)17-26)29-20-36(47)34(45)16-25(29)11-10-24-15-33(44)35(46)19-28(24)22-8-6-9-27(41)14-22/h6,8-20,30,38,40-47H,3-5,7,21H2,1-2H3,(H,49,50)/b11-10+,23-18+/t30-,38-/m1/s1. The zero-order valence-corrected chi connectivity index (χ0v) is 28.1. The quantitative estimate of drug-likeness (QED) is 0.0216. The van der Waals surface area contributed by atoms with Gasteiger partial charge in [0.05, 0.1) is 0 Å². The number of carboxylic acids is 1. The second-order valence-electron chi connectivity index (χ2n) is 12.0. The fraction of sp³-hybridized carbons (Fsp3) is 0.231. The molecule has 12 heteroatoms. The van der Waals surface area contributed by atoms with Crippen molar-refractivity contribution in [3.8, 4) is 51.4 Å². The van der Waals surface area contributed by atoms with Crippen molar-refractivity contribution < 1.29 is 55.2 Å². The van der Waals surface area contributed by atoms with Gasteiger partial charge in [-0.25, -0.2) is 9.59 Å². The summed E-state index contributed by atoms with van der Waals surface area (Å²) in [5.41, 5.74) is 2.77. The van der Waals surface area contributed by atoms with Gasteiger partial charge < -0.3 is 50.9 Å². The number of likely N-dealkylation sites (N-methyl/N-ethyl adjacent to an activating group) is 1. The zero-order valence-electron chi connectivity index (χ0n) is 28.1. The number of hydrogen-bond acceptors (Lipinski definition) is 11. The highest BCUT2D eigenvalue weighted by Gasteiger charge is 2.33. The Hall–Kier alpha value is -6.14. The summed E-state index contributed by atoms with van der Waals surface area (Å²) < 4.78 is 5.53. The number of carbonyl (C=O) groups is 2. The first-order chi connectivity index (χ1) is 24.3. The Morgan fingerprint density at radius 1 is 0.765 bits per heavy atom. The summed E-state index contributed by atoms with van der Waals surface area (Å²) in [6, 6.07) is 15.3. The first-order valence-electron chi connectivity index (χ1n) is 16.2. The van der Waals surface area contributed by atoms with Crippen LogP contribution in [0.1, 0.15) is 60.8 Å². The number of ether oxygens (including phenoxy) is 1. The van der Waals surface area contributed by atoms with Gasteiger partial charge in [0.2, 0.25) is 6.10 Å². The number of aliphatic carboxylic acids is 1. The summed E-state index contributed by atoms with van der Waals surface area (Å²) in [4.78, 5) is 25.9. The van der Waals surface area contributed by atoms with Crippen LogP contribution in [0.3, 0.4) is 0 Å². The van der Waals surface area contributed by atoms with Crippen LogP contribution in [0, 0.1) is 0 Å². The SMILES string of the molecule is CCCCC/C(=C\C(=O)O[C@@H](C(=O)O)[C@H](CNC)c1ccc(O)c(O)c1)c1cc(O)c(O)cc1/C=C/c1cc(O)c(O)cc1-c1cccc(O)c1. The third-order valence-corrected chi connectivity index (χ3v) is 8.28. The molecule has 4 aromatic carbocycles. The molecule has 0 bridgehead atoms. The lowest BCUT2D eigenvalue weighted by Gasteiger charge is -2.24. The second kappa shape index (κ2) is 17.0. The average molecular weight is 700 g/mol. The smallest absolute Gasteiger partial charge is 0.345 e. The van der Waals surface area contributed by atoms with Crippen molar-refractivity contribution in [1.82, 2.24) is 5.32 Å². The molecule has 0 aliphatic heterocycles. The maximum Gasteiger partial charge on any atom is 0.345 e. The fourth-order valence-corrected chi connectivity index (χ4v) is 5.69. The molecule has 0 radical (unpaired) electrons. The molecule has 0 aliphatic rings. The normalized spacial score (nSPS) is 12.9. The van der Waals surface area contributed by atoms with Gasteiger partial charge in [-0.1, -0.05) is 50.1 Å². The summed E-state index contributed by atoms with van der Waals surface area (Å²) in [5, 5.41) is 84.4. The van der Waals surface area contributed by atoms with Crippen molar-refractivity contribution in [2.45, 2.75) is 44.6 Å². The van der Waals surface area contributed by atoms with Crippen LogP contribution < -0.4 is 5.32 Å². The Kier molecular flexibility index (Phi) is 12.6. The van der Waals surface area contributed by atoms with Crippen LogP contribution in [0.5, 0.6) is 40.2 Å². The van der Waals surface area contributed by atoms with E-state index in [2.05, 4.69) is 5.32 Å². The van der Waals surface area contributed by atoms with Crippen molar-refractivity contribution in [3.05, 3.63) is 95.1 Å². The first kappa shape index (κ1) is 37.7. The third kappa shape index (κ3) is 9.52.